The van der Waals surface area contributed by atoms with Crippen molar-refractivity contribution in [2.45, 2.75) is 38.6 Å². The fraction of sp³-hybridized carbons (Fsp3) is 0.583. The van der Waals surface area contributed by atoms with Crippen LogP contribution in [0.5, 0.6) is 0 Å². The molecule has 2 rings (SSSR count). The largest absolute Gasteiger partial charge is 0.450 e. The summed E-state index contributed by atoms with van der Waals surface area (Å²) in [6.07, 6.45) is 2.47. The summed E-state index contributed by atoms with van der Waals surface area (Å²) in [6, 6.07) is -1.04. The molecule has 92 valence electrons. The maximum absolute atomic E-state index is 11.9. The summed E-state index contributed by atoms with van der Waals surface area (Å²) in [5.41, 5.74) is 1.23. The molecule has 0 heterocycles. The van der Waals surface area contributed by atoms with Crippen LogP contribution in [0.2, 0.25) is 0 Å². The van der Waals surface area contributed by atoms with Gasteiger partial charge in [-0.15, -0.1) is 0 Å². The summed E-state index contributed by atoms with van der Waals surface area (Å²) in [4.78, 5) is 35.1. The molecule has 2 aliphatic rings. The highest BCUT2D eigenvalue weighted by molar-refractivity contribution is 6.28. The second kappa shape index (κ2) is 4.69. The third-order valence-electron chi connectivity index (χ3n) is 3.12. The van der Waals surface area contributed by atoms with Crippen molar-refractivity contribution in [3.05, 3.63) is 11.1 Å². The van der Waals surface area contributed by atoms with Crippen molar-refractivity contribution < 1.29 is 19.1 Å². The Kier molecular flexibility index (Phi) is 3.26. The summed E-state index contributed by atoms with van der Waals surface area (Å²) >= 11 is 0. The van der Waals surface area contributed by atoms with E-state index in [0.29, 0.717) is 24.0 Å². The molecule has 5 heteroatoms. The van der Waals surface area contributed by atoms with Crippen LogP contribution in [0, 0.1) is 0 Å². The van der Waals surface area contributed by atoms with E-state index in [-0.39, 0.29) is 18.2 Å². The SMILES string of the molecule is CCOC(=O)NC1C(=O)C2=C(CCCC2)C1=O. The standard InChI is InChI=1S/C12H15NO4/c1-2-17-12(16)13-9-10(14)7-5-3-4-6-8(7)11(9)15/h9H,2-6H2,1H3,(H,13,16). The second-order valence-corrected chi connectivity index (χ2v) is 4.19. The van der Waals surface area contributed by atoms with Crippen molar-refractivity contribution in [2.24, 2.45) is 0 Å². The van der Waals surface area contributed by atoms with Crippen molar-refractivity contribution in [3.8, 4) is 0 Å². The first kappa shape index (κ1) is 11.8. The predicted molar refractivity (Wildman–Crippen MR) is 59.5 cm³/mol. The highest BCUT2D eigenvalue weighted by Gasteiger charge is 2.42. The minimum atomic E-state index is -1.04. The Morgan fingerprint density at radius 3 is 2.24 bits per heavy atom. The number of rotatable bonds is 2. The molecule has 0 bridgehead atoms. The van der Waals surface area contributed by atoms with Crippen molar-refractivity contribution in [2.75, 3.05) is 6.61 Å². The van der Waals surface area contributed by atoms with Crippen LogP contribution in [0.3, 0.4) is 0 Å². The second-order valence-electron chi connectivity index (χ2n) is 4.19. The molecular formula is C12H15NO4. The number of hydrogen-bond donors (Lipinski definition) is 1. The van der Waals surface area contributed by atoms with Crippen LogP contribution in [-0.2, 0) is 14.3 Å². The van der Waals surface area contributed by atoms with Crippen molar-refractivity contribution >= 4 is 17.7 Å². The fourth-order valence-corrected chi connectivity index (χ4v) is 2.34. The van der Waals surface area contributed by atoms with Crippen LogP contribution in [0.25, 0.3) is 0 Å². The van der Waals surface area contributed by atoms with Crippen molar-refractivity contribution in [3.63, 3.8) is 0 Å². The molecule has 0 atom stereocenters. The van der Waals surface area contributed by atoms with E-state index >= 15 is 0 Å². The summed E-state index contributed by atoms with van der Waals surface area (Å²) in [7, 11) is 0. The minimum Gasteiger partial charge on any atom is -0.450 e. The van der Waals surface area contributed by atoms with Gasteiger partial charge in [-0.25, -0.2) is 4.79 Å². The van der Waals surface area contributed by atoms with E-state index in [1.807, 2.05) is 0 Å². The van der Waals surface area contributed by atoms with Gasteiger partial charge in [-0.3, -0.25) is 9.59 Å². The highest BCUT2D eigenvalue weighted by atomic mass is 16.5. The number of carbonyl (C=O) groups excluding carboxylic acids is 3. The molecule has 1 N–H and O–H groups in total. The Morgan fingerprint density at radius 1 is 1.24 bits per heavy atom. The lowest BCUT2D eigenvalue weighted by Gasteiger charge is -2.10. The van der Waals surface area contributed by atoms with Crippen molar-refractivity contribution in [1.82, 2.24) is 5.32 Å². The van der Waals surface area contributed by atoms with Crippen LogP contribution in [-0.4, -0.2) is 30.3 Å². The van der Waals surface area contributed by atoms with E-state index in [1.165, 1.54) is 0 Å². The first-order valence-corrected chi connectivity index (χ1v) is 5.89. The molecular weight excluding hydrogens is 222 g/mol. The van der Waals surface area contributed by atoms with E-state index in [0.717, 1.165) is 12.8 Å². The molecule has 5 nitrogen and oxygen atoms in total. The molecule has 0 fully saturated rings. The highest BCUT2D eigenvalue weighted by Crippen LogP contribution is 2.32. The molecule has 0 aromatic carbocycles. The van der Waals surface area contributed by atoms with Crippen molar-refractivity contribution in [1.29, 1.82) is 0 Å². The molecule has 0 spiro atoms. The Morgan fingerprint density at radius 2 is 1.76 bits per heavy atom. The van der Waals surface area contributed by atoms with E-state index in [9.17, 15) is 14.4 Å². The van der Waals surface area contributed by atoms with Gasteiger partial charge in [-0.2, -0.15) is 0 Å². The van der Waals surface area contributed by atoms with Gasteiger partial charge in [0, 0.05) is 11.1 Å². The number of ether oxygens (including phenoxy) is 1. The number of Topliss-reactive ketones (excluding diaryl/α,β-unsaturated/α-hetero) is 2. The van der Waals surface area contributed by atoms with Gasteiger partial charge < -0.3 is 10.1 Å². The lowest BCUT2D eigenvalue weighted by Crippen LogP contribution is -2.43. The van der Waals surface area contributed by atoms with Crippen LogP contribution in [0.4, 0.5) is 4.79 Å². The van der Waals surface area contributed by atoms with Crippen LogP contribution in [0.1, 0.15) is 32.6 Å². The van der Waals surface area contributed by atoms with Crippen LogP contribution >= 0.6 is 0 Å². The maximum Gasteiger partial charge on any atom is 0.408 e. The maximum atomic E-state index is 11.9. The predicted octanol–water partition coefficient (Wildman–Crippen LogP) is 1.12. The molecule has 0 unspecified atom stereocenters. The Balaban J connectivity index is 2.10. The summed E-state index contributed by atoms with van der Waals surface area (Å²) in [5, 5.41) is 2.33. The van der Waals surface area contributed by atoms with Gasteiger partial charge in [0.05, 0.1) is 6.61 Å². The Bertz CT molecular complexity index is 383. The molecule has 0 saturated heterocycles. The van der Waals surface area contributed by atoms with E-state index in [2.05, 4.69) is 10.1 Å². The number of amides is 1. The number of ketones is 2. The molecule has 17 heavy (non-hydrogen) atoms. The first-order chi connectivity index (χ1) is 8.15. The zero-order valence-electron chi connectivity index (χ0n) is 9.75. The number of carbonyl (C=O) groups is 3. The summed E-state index contributed by atoms with van der Waals surface area (Å²) in [6.45, 7) is 1.88. The average molecular weight is 237 g/mol. The molecule has 1 amide bonds. The monoisotopic (exact) mass is 237 g/mol. The van der Waals surface area contributed by atoms with Gasteiger partial charge in [-0.05, 0) is 32.6 Å². The lowest BCUT2D eigenvalue weighted by atomic mass is 9.93. The fourth-order valence-electron chi connectivity index (χ4n) is 2.34. The summed E-state index contributed by atoms with van der Waals surface area (Å²) < 4.78 is 4.68. The van der Waals surface area contributed by atoms with Gasteiger partial charge in [0.2, 0.25) is 0 Å². The van der Waals surface area contributed by atoms with Gasteiger partial charge in [0.25, 0.3) is 0 Å². The topological polar surface area (TPSA) is 72.5 Å². The van der Waals surface area contributed by atoms with E-state index in [1.54, 1.807) is 6.92 Å². The van der Waals surface area contributed by atoms with Gasteiger partial charge in [0.1, 0.15) is 0 Å². The Labute approximate surface area is 99.2 Å². The summed E-state index contributed by atoms with van der Waals surface area (Å²) in [5.74, 6) is -0.504. The smallest absolute Gasteiger partial charge is 0.408 e. The molecule has 0 aromatic rings. The van der Waals surface area contributed by atoms with E-state index < -0.39 is 12.1 Å². The third kappa shape index (κ3) is 2.09. The normalized spacial score (nSPS) is 20.5. The Hall–Kier alpha value is -1.65. The van der Waals surface area contributed by atoms with Gasteiger partial charge in [-0.1, -0.05) is 0 Å². The zero-order valence-corrected chi connectivity index (χ0v) is 9.75. The lowest BCUT2D eigenvalue weighted by molar-refractivity contribution is -0.123. The first-order valence-electron chi connectivity index (χ1n) is 5.89. The molecule has 0 radical (unpaired) electrons. The van der Waals surface area contributed by atoms with E-state index in [4.69, 9.17) is 0 Å². The number of alkyl carbamates (subject to hydrolysis) is 1. The molecule has 0 saturated carbocycles. The zero-order chi connectivity index (χ0) is 12.4. The molecule has 0 aliphatic heterocycles. The third-order valence-corrected chi connectivity index (χ3v) is 3.12. The quantitative estimate of drug-likeness (QED) is 0.730. The van der Waals surface area contributed by atoms with Crippen LogP contribution < -0.4 is 5.32 Å². The van der Waals surface area contributed by atoms with Gasteiger partial charge >= 0.3 is 6.09 Å². The number of nitrogens with one attached hydrogen (secondary N) is 1. The average Bonchev–Trinajstić information content (AvgIpc) is 2.56. The molecule has 0 aromatic heterocycles. The van der Waals surface area contributed by atoms with Crippen LogP contribution in [0.15, 0.2) is 11.1 Å². The van der Waals surface area contributed by atoms with Gasteiger partial charge in [0.15, 0.2) is 17.6 Å². The number of hydrogen-bond acceptors (Lipinski definition) is 4. The minimum absolute atomic E-state index is 0.216. The molecule has 2 aliphatic carbocycles.